The number of rotatable bonds is 8. The van der Waals surface area contributed by atoms with E-state index in [1.807, 2.05) is 83.3 Å². The van der Waals surface area contributed by atoms with E-state index >= 15 is 0 Å². The van der Waals surface area contributed by atoms with E-state index in [-0.39, 0.29) is 11.5 Å². The molecule has 5 nitrogen and oxygen atoms in total. The summed E-state index contributed by atoms with van der Waals surface area (Å²) < 4.78 is 0.793. The average molecular weight is 500 g/mol. The third-order valence-corrected chi connectivity index (χ3v) is 5.14. The molecular formula is C23H21IN2O3. The van der Waals surface area contributed by atoms with E-state index in [4.69, 9.17) is 0 Å². The van der Waals surface area contributed by atoms with Crippen LogP contribution >= 0.6 is 22.6 Å². The Balaban J connectivity index is 1.79. The van der Waals surface area contributed by atoms with Gasteiger partial charge in [-0.15, -0.1) is 0 Å². The first-order chi connectivity index (χ1) is 14.0. The van der Waals surface area contributed by atoms with Crippen molar-refractivity contribution in [1.82, 2.24) is 5.32 Å². The summed E-state index contributed by atoms with van der Waals surface area (Å²) in [5.41, 5.74) is 2.46. The molecule has 0 radical (unpaired) electrons. The molecule has 0 aliphatic rings. The van der Waals surface area contributed by atoms with Crippen LogP contribution in [-0.4, -0.2) is 23.0 Å². The van der Waals surface area contributed by atoms with Gasteiger partial charge in [-0.25, -0.2) is 4.79 Å². The fourth-order valence-corrected chi connectivity index (χ4v) is 3.46. The van der Waals surface area contributed by atoms with Crippen molar-refractivity contribution < 1.29 is 14.7 Å². The highest BCUT2D eigenvalue weighted by molar-refractivity contribution is 14.1. The number of halogens is 1. The Labute approximate surface area is 183 Å². The molecule has 0 heterocycles. The van der Waals surface area contributed by atoms with Crippen LogP contribution in [0.2, 0.25) is 0 Å². The molecule has 0 saturated heterocycles. The zero-order valence-corrected chi connectivity index (χ0v) is 17.8. The number of carboxylic acids is 1. The van der Waals surface area contributed by atoms with Crippen molar-refractivity contribution >= 4 is 40.2 Å². The van der Waals surface area contributed by atoms with Crippen LogP contribution in [0.5, 0.6) is 0 Å². The molecule has 0 aromatic heterocycles. The lowest BCUT2D eigenvalue weighted by Gasteiger charge is -2.19. The number of amides is 1. The molecule has 148 valence electrons. The fraction of sp³-hybridized carbons (Fsp3) is 0.130. The highest BCUT2D eigenvalue weighted by atomic mass is 127. The maximum atomic E-state index is 13.0. The second-order valence-corrected chi connectivity index (χ2v) is 7.84. The first-order valence-corrected chi connectivity index (χ1v) is 10.3. The monoisotopic (exact) mass is 500 g/mol. The summed E-state index contributed by atoms with van der Waals surface area (Å²) >= 11 is 2.05. The highest BCUT2D eigenvalue weighted by Crippen LogP contribution is 2.20. The summed E-state index contributed by atoms with van der Waals surface area (Å²) in [6.07, 6.45) is 0.492. The van der Waals surface area contributed by atoms with Crippen LogP contribution in [-0.2, 0) is 17.8 Å². The van der Waals surface area contributed by atoms with Gasteiger partial charge in [0.05, 0.1) is 17.3 Å². The average Bonchev–Trinajstić information content (AvgIpc) is 2.73. The minimum absolute atomic E-state index is 0.0757. The molecule has 0 aliphatic heterocycles. The molecule has 0 spiro atoms. The topological polar surface area (TPSA) is 78.4 Å². The maximum absolute atomic E-state index is 13.0. The van der Waals surface area contributed by atoms with Gasteiger partial charge in [0.15, 0.2) is 0 Å². The standard InChI is InChI=1S/C23H21IN2O3/c24-18-11-12-20(19(14-18)23(28)29)26-22(27)21(13-16-7-3-1-4-8-16)25-15-17-9-5-2-6-10-17/h1-12,14,21,25H,13,15H2,(H,26,27)(H,28,29)/t21-/m1/s1. The number of hydrogen-bond acceptors (Lipinski definition) is 3. The Kier molecular flexibility index (Phi) is 7.37. The van der Waals surface area contributed by atoms with Gasteiger partial charge in [0.2, 0.25) is 5.91 Å². The predicted molar refractivity (Wildman–Crippen MR) is 122 cm³/mol. The van der Waals surface area contributed by atoms with Crippen LogP contribution in [0.4, 0.5) is 5.69 Å². The van der Waals surface area contributed by atoms with Gasteiger partial charge in [-0.3, -0.25) is 4.79 Å². The lowest BCUT2D eigenvalue weighted by Crippen LogP contribution is -2.42. The van der Waals surface area contributed by atoms with E-state index in [0.717, 1.165) is 14.7 Å². The van der Waals surface area contributed by atoms with Crippen LogP contribution in [0.1, 0.15) is 21.5 Å². The molecule has 0 saturated carbocycles. The molecule has 0 fully saturated rings. The van der Waals surface area contributed by atoms with Crippen molar-refractivity contribution in [2.24, 2.45) is 0 Å². The Morgan fingerprint density at radius 2 is 1.52 bits per heavy atom. The van der Waals surface area contributed by atoms with E-state index in [1.165, 1.54) is 0 Å². The summed E-state index contributed by atoms with van der Waals surface area (Å²) in [6, 6.07) is 24.0. The summed E-state index contributed by atoms with van der Waals surface area (Å²) in [5.74, 6) is -1.34. The molecule has 0 aliphatic carbocycles. The van der Waals surface area contributed by atoms with Crippen molar-refractivity contribution in [2.75, 3.05) is 5.32 Å². The van der Waals surface area contributed by atoms with Gasteiger partial charge in [0.1, 0.15) is 0 Å². The smallest absolute Gasteiger partial charge is 0.337 e. The van der Waals surface area contributed by atoms with Crippen LogP contribution in [0, 0.1) is 3.57 Å². The minimum Gasteiger partial charge on any atom is -0.478 e. The van der Waals surface area contributed by atoms with E-state index in [1.54, 1.807) is 18.2 Å². The molecule has 1 amide bonds. The molecule has 3 aromatic carbocycles. The lowest BCUT2D eigenvalue weighted by molar-refractivity contribution is -0.118. The van der Waals surface area contributed by atoms with Gasteiger partial charge in [-0.1, -0.05) is 60.7 Å². The van der Waals surface area contributed by atoms with Crippen LogP contribution in [0.15, 0.2) is 78.9 Å². The number of carboxylic acid groups (broad SMARTS) is 1. The number of benzene rings is 3. The van der Waals surface area contributed by atoms with Gasteiger partial charge < -0.3 is 15.7 Å². The first-order valence-electron chi connectivity index (χ1n) is 9.18. The van der Waals surface area contributed by atoms with Crippen LogP contribution in [0.25, 0.3) is 0 Å². The van der Waals surface area contributed by atoms with Crippen LogP contribution in [0.3, 0.4) is 0 Å². The Morgan fingerprint density at radius 3 is 2.14 bits per heavy atom. The van der Waals surface area contributed by atoms with E-state index < -0.39 is 12.0 Å². The number of aromatic carboxylic acids is 1. The molecule has 3 rings (SSSR count). The van der Waals surface area contributed by atoms with Crippen LogP contribution < -0.4 is 10.6 Å². The van der Waals surface area contributed by atoms with Crippen molar-refractivity contribution in [2.45, 2.75) is 19.0 Å². The maximum Gasteiger partial charge on any atom is 0.337 e. The summed E-state index contributed by atoms with van der Waals surface area (Å²) in [5, 5.41) is 15.6. The van der Waals surface area contributed by atoms with E-state index in [2.05, 4.69) is 10.6 Å². The zero-order valence-electron chi connectivity index (χ0n) is 15.6. The second kappa shape index (κ2) is 10.2. The zero-order chi connectivity index (χ0) is 20.6. The molecule has 29 heavy (non-hydrogen) atoms. The molecule has 6 heteroatoms. The Bertz CT molecular complexity index is 978. The normalized spacial score (nSPS) is 11.6. The third kappa shape index (κ3) is 6.13. The molecule has 0 unspecified atom stereocenters. The van der Waals surface area contributed by atoms with Gasteiger partial charge in [-0.2, -0.15) is 0 Å². The number of carbonyl (C=O) groups excluding carboxylic acids is 1. The predicted octanol–water partition coefficient (Wildman–Crippen LogP) is 4.33. The Morgan fingerprint density at radius 1 is 0.897 bits per heavy atom. The number of carbonyl (C=O) groups is 2. The van der Waals surface area contributed by atoms with E-state index in [9.17, 15) is 14.7 Å². The molecule has 3 N–H and O–H groups in total. The van der Waals surface area contributed by atoms with Gasteiger partial charge in [0, 0.05) is 10.1 Å². The first kappa shape index (κ1) is 21.0. The number of hydrogen-bond donors (Lipinski definition) is 3. The molecule has 3 aromatic rings. The van der Waals surface area contributed by atoms with Crippen molar-refractivity contribution in [1.29, 1.82) is 0 Å². The minimum atomic E-state index is -1.07. The van der Waals surface area contributed by atoms with Crippen molar-refractivity contribution in [3.8, 4) is 0 Å². The Hall–Kier alpha value is -2.71. The van der Waals surface area contributed by atoms with Gasteiger partial charge >= 0.3 is 5.97 Å². The van der Waals surface area contributed by atoms with Crippen molar-refractivity contribution in [3.05, 3.63) is 99.1 Å². The quantitative estimate of drug-likeness (QED) is 0.403. The van der Waals surface area contributed by atoms with Gasteiger partial charge in [-0.05, 0) is 58.3 Å². The summed E-state index contributed by atoms with van der Waals surface area (Å²) in [6.45, 7) is 0.532. The summed E-state index contributed by atoms with van der Waals surface area (Å²) in [7, 11) is 0. The molecular weight excluding hydrogens is 479 g/mol. The molecule has 0 bridgehead atoms. The number of nitrogens with one attached hydrogen (secondary N) is 2. The van der Waals surface area contributed by atoms with E-state index in [0.29, 0.717) is 18.7 Å². The second-order valence-electron chi connectivity index (χ2n) is 6.59. The lowest BCUT2D eigenvalue weighted by atomic mass is 10.0. The largest absolute Gasteiger partial charge is 0.478 e. The fourth-order valence-electron chi connectivity index (χ4n) is 2.97. The molecule has 1 atom stereocenters. The third-order valence-electron chi connectivity index (χ3n) is 4.46. The highest BCUT2D eigenvalue weighted by Gasteiger charge is 2.21. The SMILES string of the molecule is O=C(O)c1cc(I)ccc1NC(=O)[C@@H](Cc1ccccc1)NCc1ccccc1. The number of anilines is 1. The van der Waals surface area contributed by atoms with Crippen molar-refractivity contribution in [3.63, 3.8) is 0 Å². The summed E-state index contributed by atoms with van der Waals surface area (Å²) in [4.78, 5) is 24.6. The van der Waals surface area contributed by atoms with Gasteiger partial charge in [0.25, 0.3) is 0 Å².